The number of para-hydroxylation sites is 1. The molecule has 0 unspecified atom stereocenters. The summed E-state index contributed by atoms with van der Waals surface area (Å²) in [4.78, 5) is 1.98. The van der Waals surface area contributed by atoms with Crippen molar-refractivity contribution in [3.8, 4) is 0 Å². The molecule has 0 aliphatic rings. The second kappa shape index (κ2) is 6.34. The molecule has 0 heterocycles. The van der Waals surface area contributed by atoms with Gasteiger partial charge in [-0.2, -0.15) is 0 Å². The molecule has 0 fully saturated rings. The average molecular weight is 258 g/mol. The first-order valence-electron chi connectivity index (χ1n) is 6.49. The molecular formula is C16H19FN2. The first kappa shape index (κ1) is 13.6. The van der Waals surface area contributed by atoms with Crippen LogP contribution in [-0.4, -0.2) is 13.6 Å². The van der Waals surface area contributed by atoms with E-state index in [4.69, 9.17) is 0 Å². The molecule has 2 aromatic carbocycles. The quantitative estimate of drug-likeness (QED) is 0.879. The fourth-order valence-corrected chi connectivity index (χ4v) is 2.00. The number of anilines is 2. The van der Waals surface area contributed by atoms with E-state index < -0.39 is 0 Å². The van der Waals surface area contributed by atoms with Gasteiger partial charge in [-0.15, -0.1) is 0 Å². The molecule has 0 aliphatic carbocycles. The lowest BCUT2D eigenvalue weighted by molar-refractivity contribution is 0.622. The molecule has 0 saturated heterocycles. The van der Waals surface area contributed by atoms with Crippen LogP contribution in [0.2, 0.25) is 0 Å². The molecule has 2 rings (SSSR count). The molecule has 0 aromatic heterocycles. The lowest BCUT2D eigenvalue weighted by Gasteiger charge is -2.20. The van der Waals surface area contributed by atoms with Gasteiger partial charge in [0, 0.05) is 25.0 Å². The molecule has 0 atom stereocenters. The number of nitrogens with zero attached hydrogens (tertiary/aromatic N) is 1. The number of benzene rings is 2. The lowest BCUT2D eigenvalue weighted by Crippen LogP contribution is -2.14. The molecule has 1 N–H and O–H groups in total. The Morgan fingerprint density at radius 3 is 2.47 bits per heavy atom. The highest BCUT2D eigenvalue weighted by Crippen LogP contribution is 2.25. The van der Waals surface area contributed by atoms with Gasteiger partial charge in [0.1, 0.15) is 5.82 Å². The molecule has 0 amide bonds. The third-order valence-corrected chi connectivity index (χ3v) is 3.05. The maximum absolute atomic E-state index is 13.7. The Morgan fingerprint density at radius 1 is 1.05 bits per heavy atom. The van der Waals surface area contributed by atoms with Gasteiger partial charge in [-0.25, -0.2) is 4.39 Å². The molecule has 0 radical (unpaired) electrons. The number of nitrogens with one attached hydrogen (secondary N) is 1. The highest BCUT2D eigenvalue weighted by Gasteiger charge is 2.06. The highest BCUT2D eigenvalue weighted by molar-refractivity contribution is 5.63. The molecular weight excluding hydrogens is 239 g/mol. The lowest BCUT2D eigenvalue weighted by atomic mass is 10.1. The Hall–Kier alpha value is -1.87. The smallest absolute Gasteiger partial charge is 0.125 e. The van der Waals surface area contributed by atoms with Crippen molar-refractivity contribution in [1.82, 2.24) is 5.32 Å². The molecule has 0 spiro atoms. The standard InChI is InChI=1S/C16H19FN2/c1-3-18-12-13-9-14(17)11-16(10-13)19(2)15-7-5-4-6-8-15/h4-11,18H,3,12H2,1-2H3. The normalized spacial score (nSPS) is 10.5. The molecule has 19 heavy (non-hydrogen) atoms. The van der Waals surface area contributed by atoms with Crippen LogP contribution in [0.5, 0.6) is 0 Å². The van der Waals surface area contributed by atoms with E-state index in [1.54, 1.807) is 12.1 Å². The van der Waals surface area contributed by atoms with Crippen molar-refractivity contribution in [2.45, 2.75) is 13.5 Å². The molecule has 3 heteroatoms. The Bertz CT molecular complexity index is 526. The topological polar surface area (TPSA) is 15.3 Å². The SMILES string of the molecule is CCNCc1cc(F)cc(N(C)c2ccccc2)c1. The van der Waals surface area contributed by atoms with Crippen molar-refractivity contribution in [3.05, 3.63) is 59.9 Å². The summed E-state index contributed by atoms with van der Waals surface area (Å²) in [6.45, 7) is 3.60. The second-order valence-corrected chi connectivity index (χ2v) is 4.49. The van der Waals surface area contributed by atoms with E-state index in [0.717, 1.165) is 23.5 Å². The van der Waals surface area contributed by atoms with Gasteiger partial charge in [-0.3, -0.25) is 0 Å². The summed E-state index contributed by atoms with van der Waals surface area (Å²) in [6, 6.07) is 15.1. The van der Waals surface area contributed by atoms with Crippen LogP contribution in [0.3, 0.4) is 0 Å². The summed E-state index contributed by atoms with van der Waals surface area (Å²) in [7, 11) is 1.95. The van der Waals surface area contributed by atoms with Gasteiger partial charge >= 0.3 is 0 Å². The third-order valence-electron chi connectivity index (χ3n) is 3.05. The summed E-state index contributed by atoms with van der Waals surface area (Å²) >= 11 is 0. The van der Waals surface area contributed by atoms with E-state index in [9.17, 15) is 4.39 Å². The van der Waals surface area contributed by atoms with E-state index >= 15 is 0 Å². The van der Waals surface area contributed by atoms with Crippen LogP contribution in [0.15, 0.2) is 48.5 Å². The maximum atomic E-state index is 13.7. The van der Waals surface area contributed by atoms with Gasteiger partial charge in [0.25, 0.3) is 0 Å². The van der Waals surface area contributed by atoms with E-state index in [1.807, 2.05) is 55.3 Å². The van der Waals surface area contributed by atoms with Crippen LogP contribution in [-0.2, 0) is 6.54 Å². The first-order chi connectivity index (χ1) is 9.20. The minimum Gasteiger partial charge on any atom is -0.345 e. The van der Waals surface area contributed by atoms with E-state index in [2.05, 4.69) is 5.32 Å². The summed E-state index contributed by atoms with van der Waals surface area (Å²) in [5, 5.41) is 3.21. The van der Waals surface area contributed by atoms with Crippen LogP contribution in [0, 0.1) is 5.82 Å². The van der Waals surface area contributed by atoms with Crippen molar-refractivity contribution in [1.29, 1.82) is 0 Å². The largest absolute Gasteiger partial charge is 0.345 e. The van der Waals surface area contributed by atoms with Crippen LogP contribution >= 0.6 is 0 Å². The van der Waals surface area contributed by atoms with E-state index in [1.165, 1.54) is 0 Å². The molecule has 0 bridgehead atoms. The molecule has 2 nitrogen and oxygen atoms in total. The first-order valence-corrected chi connectivity index (χ1v) is 6.49. The zero-order valence-electron chi connectivity index (χ0n) is 11.4. The Labute approximate surface area is 113 Å². The van der Waals surface area contributed by atoms with Crippen LogP contribution in [0.1, 0.15) is 12.5 Å². The third kappa shape index (κ3) is 3.55. The summed E-state index contributed by atoms with van der Waals surface area (Å²) in [5.41, 5.74) is 2.86. The summed E-state index contributed by atoms with van der Waals surface area (Å²) < 4.78 is 13.7. The van der Waals surface area contributed by atoms with E-state index in [0.29, 0.717) is 6.54 Å². The van der Waals surface area contributed by atoms with Crippen LogP contribution < -0.4 is 10.2 Å². The number of hydrogen-bond donors (Lipinski definition) is 1. The van der Waals surface area contributed by atoms with Crippen molar-refractivity contribution in [2.75, 3.05) is 18.5 Å². The molecule has 100 valence electrons. The van der Waals surface area contributed by atoms with E-state index in [-0.39, 0.29) is 5.82 Å². The molecule has 2 aromatic rings. The predicted molar refractivity (Wildman–Crippen MR) is 78.3 cm³/mol. The number of hydrogen-bond acceptors (Lipinski definition) is 2. The van der Waals surface area contributed by atoms with Gasteiger partial charge in [0.2, 0.25) is 0 Å². The zero-order valence-corrected chi connectivity index (χ0v) is 11.4. The molecule has 0 saturated carbocycles. The minimum absolute atomic E-state index is 0.201. The van der Waals surface area contributed by atoms with Gasteiger partial charge in [0.15, 0.2) is 0 Å². The van der Waals surface area contributed by atoms with Gasteiger partial charge in [0.05, 0.1) is 0 Å². The highest BCUT2D eigenvalue weighted by atomic mass is 19.1. The summed E-state index contributed by atoms with van der Waals surface area (Å²) in [6.07, 6.45) is 0. The van der Waals surface area contributed by atoms with Gasteiger partial charge in [-0.1, -0.05) is 25.1 Å². The van der Waals surface area contributed by atoms with Crippen LogP contribution in [0.25, 0.3) is 0 Å². The van der Waals surface area contributed by atoms with Crippen molar-refractivity contribution in [2.24, 2.45) is 0 Å². The molecule has 0 aliphatic heterocycles. The van der Waals surface area contributed by atoms with Gasteiger partial charge < -0.3 is 10.2 Å². The maximum Gasteiger partial charge on any atom is 0.125 e. The monoisotopic (exact) mass is 258 g/mol. The van der Waals surface area contributed by atoms with Crippen LogP contribution in [0.4, 0.5) is 15.8 Å². The fraction of sp³-hybridized carbons (Fsp3) is 0.250. The number of halogens is 1. The zero-order chi connectivity index (χ0) is 13.7. The second-order valence-electron chi connectivity index (χ2n) is 4.49. The predicted octanol–water partition coefficient (Wildman–Crippen LogP) is 3.70. The Balaban J connectivity index is 2.26. The minimum atomic E-state index is -0.201. The van der Waals surface area contributed by atoms with Crippen molar-refractivity contribution < 1.29 is 4.39 Å². The number of rotatable bonds is 5. The Kier molecular flexibility index (Phi) is 4.53. The van der Waals surface area contributed by atoms with Crippen molar-refractivity contribution in [3.63, 3.8) is 0 Å². The fourth-order valence-electron chi connectivity index (χ4n) is 2.00. The van der Waals surface area contributed by atoms with Crippen molar-refractivity contribution >= 4 is 11.4 Å². The Morgan fingerprint density at radius 2 is 1.79 bits per heavy atom. The summed E-state index contributed by atoms with van der Waals surface area (Å²) in [5.74, 6) is -0.201. The average Bonchev–Trinajstić information content (AvgIpc) is 2.44. The van der Waals surface area contributed by atoms with Gasteiger partial charge in [-0.05, 0) is 42.4 Å².